The van der Waals surface area contributed by atoms with Crippen LogP contribution in [0.1, 0.15) is 40.7 Å². The Hall–Kier alpha value is -1.10. The van der Waals surface area contributed by atoms with Gasteiger partial charge in [-0.15, -0.1) is 12.4 Å². The quantitative estimate of drug-likeness (QED) is 0.896. The molecule has 3 N–H and O–H groups in total. The normalized spacial score (nSPS) is 24.1. The molecule has 1 aromatic rings. The molecule has 1 amide bonds. The second-order valence-corrected chi connectivity index (χ2v) is 5.48. The number of halogens is 1. The summed E-state index contributed by atoms with van der Waals surface area (Å²) in [6.45, 7) is 1.93. The Balaban J connectivity index is 0.00000147. The summed E-state index contributed by atoms with van der Waals surface area (Å²) in [5.41, 5.74) is 8.80. The third-order valence-corrected chi connectivity index (χ3v) is 4.26. The maximum atomic E-state index is 12.3. The van der Waals surface area contributed by atoms with Crippen LogP contribution in [0.3, 0.4) is 0 Å². The molecule has 2 aliphatic rings. The van der Waals surface area contributed by atoms with Gasteiger partial charge in [-0.2, -0.15) is 0 Å². The number of rotatable bonds is 3. The predicted octanol–water partition coefficient (Wildman–Crippen LogP) is 2.00. The largest absolute Gasteiger partial charge is 0.372 e. The zero-order valence-corrected chi connectivity index (χ0v) is 12.2. The van der Waals surface area contributed by atoms with Crippen LogP contribution in [0, 0.1) is 5.92 Å². The Labute approximate surface area is 125 Å². The highest BCUT2D eigenvalue weighted by Gasteiger charge is 2.27. The molecule has 4 nitrogen and oxygen atoms in total. The van der Waals surface area contributed by atoms with E-state index in [0.717, 1.165) is 30.4 Å². The maximum absolute atomic E-state index is 12.3. The van der Waals surface area contributed by atoms with E-state index in [-0.39, 0.29) is 24.4 Å². The number of amides is 1. The van der Waals surface area contributed by atoms with Gasteiger partial charge < -0.3 is 15.8 Å². The predicted molar refractivity (Wildman–Crippen MR) is 79.8 cm³/mol. The molecule has 5 heteroatoms. The van der Waals surface area contributed by atoms with E-state index < -0.39 is 0 Å². The van der Waals surface area contributed by atoms with E-state index in [9.17, 15) is 4.79 Å². The third kappa shape index (κ3) is 2.97. The number of carbonyl (C=O) groups excluding carboxylic acids is 1. The van der Waals surface area contributed by atoms with Crippen molar-refractivity contribution in [2.45, 2.75) is 38.5 Å². The number of nitrogens with one attached hydrogen (secondary N) is 1. The number of fused-ring (bicyclic) bond motifs is 1. The number of hydrogen-bond donors (Lipinski definition) is 2. The highest BCUT2D eigenvalue weighted by molar-refractivity contribution is 5.94. The Bertz CT molecular complexity index is 493. The molecule has 1 aromatic carbocycles. The summed E-state index contributed by atoms with van der Waals surface area (Å²) in [6.07, 6.45) is 3.33. The Morgan fingerprint density at radius 1 is 1.30 bits per heavy atom. The van der Waals surface area contributed by atoms with Gasteiger partial charge in [-0.25, -0.2) is 0 Å². The fourth-order valence-corrected chi connectivity index (χ4v) is 3.07. The van der Waals surface area contributed by atoms with Gasteiger partial charge in [0.05, 0.1) is 13.2 Å². The summed E-state index contributed by atoms with van der Waals surface area (Å²) >= 11 is 0. The van der Waals surface area contributed by atoms with Crippen LogP contribution in [0.5, 0.6) is 0 Å². The monoisotopic (exact) mass is 296 g/mol. The summed E-state index contributed by atoms with van der Waals surface area (Å²) < 4.78 is 5.37. The average molecular weight is 297 g/mol. The molecule has 1 fully saturated rings. The molecular weight excluding hydrogens is 276 g/mol. The molecule has 2 atom stereocenters. The third-order valence-electron chi connectivity index (χ3n) is 4.26. The van der Waals surface area contributed by atoms with Crippen LogP contribution >= 0.6 is 12.4 Å². The van der Waals surface area contributed by atoms with E-state index >= 15 is 0 Å². The molecule has 0 aromatic heterocycles. The van der Waals surface area contributed by atoms with Gasteiger partial charge in [0.25, 0.3) is 5.91 Å². The van der Waals surface area contributed by atoms with Crippen molar-refractivity contribution >= 4 is 18.3 Å². The molecule has 1 aliphatic heterocycles. The van der Waals surface area contributed by atoms with E-state index in [0.29, 0.717) is 25.7 Å². The summed E-state index contributed by atoms with van der Waals surface area (Å²) in [6, 6.07) is 6.06. The summed E-state index contributed by atoms with van der Waals surface area (Å²) in [5.74, 6) is 0.446. The number of ether oxygens (including phenoxy) is 1. The first-order chi connectivity index (χ1) is 9.28. The Morgan fingerprint density at radius 3 is 2.90 bits per heavy atom. The fourth-order valence-electron chi connectivity index (χ4n) is 3.07. The first kappa shape index (κ1) is 15.3. The van der Waals surface area contributed by atoms with Gasteiger partial charge in [0, 0.05) is 11.6 Å². The van der Waals surface area contributed by atoms with Crippen molar-refractivity contribution in [2.75, 3.05) is 6.54 Å². The average Bonchev–Trinajstić information content (AvgIpc) is 3.05. The van der Waals surface area contributed by atoms with Crippen LogP contribution in [0.15, 0.2) is 18.2 Å². The number of benzene rings is 1. The first-order valence-electron chi connectivity index (χ1n) is 6.98. The molecular formula is C15H21ClN2O2. The Kier molecular flexibility index (Phi) is 5.02. The second-order valence-electron chi connectivity index (χ2n) is 5.48. The number of carbonyl (C=O) groups is 1. The first-order valence-corrected chi connectivity index (χ1v) is 6.98. The van der Waals surface area contributed by atoms with Crippen LogP contribution in [0.4, 0.5) is 0 Å². The van der Waals surface area contributed by atoms with Crippen LogP contribution in [-0.4, -0.2) is 18.5 Å². The maximum Gasteiger partial charge on any atom is 0.251 e. The minimum absolute atomic E-state index is 0. The smallest absolute Gasteiger partial charge is 0.251 e. The highest BCUT2D eigenvalue weighted by atomic mass is 35.5. The lowest BCUT2D eigenvalue weighted by Crippen LogP contribution is -2.39. The van der Waals surface area contributed by atoms with Crippen molar-refractivity contribution in [3.63, 3.8) is 0 Å². The van der Waals surface area contributed by atoms with E-state index in [1.54, 1.807) is 0 Å². The molecule has 0 radical (unpaired) electrons. The van der Waals surface area contributed by atoms with Crippen molar-refractivity contribution in [1.82, 2.24) is 5.32 Å². The zero-order valence-electron chi connectivity index (χ0n) is 11.4. The molecule has 1 aliphatic carbocycles. The van der Waals surface area contributed by atoms with Gasteiger partial charge >= 0.3 is 0 Å². The van der Waals surface area contributed by atoms with Crippen LogP contribution in [0.2, 0.25) is 0 Å². The van der Waals surface area contributed by atoms with Crippen LogP contribution in [-0.2, 0) is 18.0 Å². The van der Waals surface area contributed by atoms with Crippen molar-refractivity contribution < 1.29 is 9.53 Å². The van der Waals surface area contributed by atoms with Crippen LogP contribution < -0.4 is 11.1 Å². The van der Waals surface area contributed by atoms with E-state index in [2.05, 4.69) is 5.32 Å². The van der Waals surface area contributed by atoms with Crippen LogP contribution in [0.25, 0.3) is 0 Å². The minimum Gasteiger partial charge on any atom is -0.372 e. The molecule has 3 rings (SSSR count). The second kappa shape index (κ2) is 6.57. The van der Waals surface area contributed by atoms with Gasteiger partial charge in [0.15, 0.2) is 0 Å². The number of hydrogen-bond acceptors (Lipinski definition) is 3. The lowest BCUT2D eigenvalue weighted by molar-refractivity contribution is 0.0928. The molecule has 0 saturated heterocycles. The van der Waals surface area contributed by atoms with Crippen molar-refractivity contribution in [3.05, 3.63) is 34.9 Å². The lowest BCUT2D eigenvalue weighted by Gasteiger charge is -2.19. The van der Waals surface area contributed by atoms with Gasteiger partial charge in [-0.1, -0.05) is 12.5 Å². The van der Waals surface area contributed by atoms with E-state index in [1.807, 2.05) is 18.2 Å². The van der Waals surface area contributed by atoms with E-state index in [1.165, 1.54) is 5.56 Å². The molecule has 20 heavy (non-hydrogen) atoms. The van der Waals surface area contributed by atoms with Gasteiger partial charge in [0.2, 0.25) is 0 Å². The standard InChI is InChI=1S/C15H20N2O2.ClH/c16-7-11-2-1-3-14(11)17-15(18)10-4-5-12-8-19-9-13(12)6-10;/h4-6,11,14H,1-3,7-9,16H2,(H,17,18);1H. The fraction of sp³-hybridized carbons (Fsp3) is 0.533. The van der Waals surface area contributed by atoms with Gasteiger partial charge in [-0.3, -0.25) is 4.79 Å². The molecule has 110 valence electrons. The SMILES string of the molecule is Cl.NCC1CCCC1NC(=O)c1ccc2c(c1)COC2. The highest BCUT2D eigenvalue weighted by Crippen LogP contribution is 2.25. The molecule has 2 unspecified atom stereocenters. The van der Waals surface area contributed by atoms with Crippen molar-refractivity contribution in [1.29, 1.82) is 0 Å². The molecule has 0 spiro atoms. The van der Waals surface area contributed by atoms with Gasteiger partial charge in [0.1, 0.15) is 0 Å². The van der Waals surface area contributed by atoms with Crippen molar-refractivity contribution in [3.8, 4) is 0 Å². The topological polar surface area (TPSA) is 64.3 Å². The van der Waals surface area contributed by atoms with E-state index in [4.69, 9.17) is 10.5 Å². The molecule has 1 heterocycles. The summed E-state index contributed by atoms with van der Waals surface area (Å²) in [7, 11) is 0. The lowest BCUT2D eigenvalue weighted by atomic mass is 10.0. The number of nitrogens with two attached hydrogens (primary N) is 1. The van der Waals surface area contributed by atoms with Crippen molar-refractivity contribution in [2.24, 2.45) is 11.7 Å². The summed E-state index contributed by atoms with van der Waals surface area (Å²) in [5, 5.41) is 3.13. The Morgan fingerprint density at radius 2 is 2.10 bits per heavy atom. The molecule has 1 saturated carbocycles. The zero-order chi connectivity index (χ0) is 13.2. The summed E-state index contributed by atoms with van der Waals surface area (Å²) in [4.78, 5) is 12.3. The molecule has 0 bridgehead atoms. The minimum atomic E-state index is 0. The van der Waals surface area contributed by atoms with Gasteiger partial charge in [-0.05, 0) is 48.6 Å².